The smallest absolute Gasteiger partial charge is 0.0785 e. The van der Waals surface area contributed by atoms with E-state index in [0.717, 1.165) is 12.5 Å². The molecule has 2 rings (SSSR count). The van der Waals surface area contributed by atoms with Gasteiger partial charge in [-0.15, -0.1) is 0 Å². The van der Waals surface area contributed by atoms with E-state index in [1.165, 1.54) is 64.2 Å². The van der Waals surface area contributed by atoms with Crippen LogP contribution in [-0.4, -0.2) is 12.7 Å². The van der Waals surface area contributed by atoms with Crippen LogP contribution in [0.3, 0.4) is 0 Å². The van der Waals surface area contributed by atoms with Gasteiger partial charge >= 0.3 is 0 Å². The molecule has 0 aromatic rings. The second kappa shape index (κ2) is 7.20. The van der Waals surface area contributed by atoms with Crippen molar-refractivity contribution in [2.75, 3.05) is 6.61 Å². The van der Waals surface area contributed by atoms with E-state index in [1.807, 2.05) is 0 Å². The van der Waals surface area contributed by atoms with Crippen molar-refractivity contribution in [1.29, 1.82) is 0 Å². The van der Waals surface area contributed by atoms with Gasteiger partial charge in [-0.2, -0.15) is 0 Å². The number of hydrogen-bond donors (Lipinski definition) is 0. The third-order valence-electron chi connectivity index (χ3n) is 4.16. The van der Waals surface area contributed by atoms with E-state index in [-0.39, 0.29) is 0 Å². The monoisotopic (exact) mass is 236 g/mol. The van der Waals surface area contributed by atoms with Crippen molar-refractivity contribution < 1.29 is 4.74 Å². The maximum atomic E-state index is 6.03. The average molecular weight is 236 g/mol. The van der Waals surface area contributed by atoms with Crippen molar-refractivity contribution >= 4 is 0 Å². The molecule has 2 aliphatic rings. The fraction of sp³-hybridized carbons (Fsp3) is 0.875. The first-order chi connectivity index (χ1) is 8.36. The van der Waals surface area contributed by atoms with Crippen molar-refractivity contribution in [3.8, 4) is 0 Å². The van der Waals surface area contributed by atoms with Gasteiger partial charge in [-0.1, -0.05) is 51.5 Å². The van der Waals surface area contributed by atoms with Crippen LogP contribution >= 0.6 is 0 Å². The molecular formula is C16H28O. The Bertz CT molecular complexity index is 244. The topological polar surface area (TPSA) is 9.23 Å². The van der Waals surface area contributed by atoms with Gasteiger partial charge in [-0.25, -0.2) is 0 Å². The van der Waals surface area contributed by atoms with Crippen molar-refractivity contribution in [3.63, 3.8) is 0 Å². The highest BCUT2D eigenvalue weighted by Crippen LogP contribution is 2.29. The molecule has 1 aliphatic carbocycles. The maximum absolute atomic E-state index is 6.03. The van der Waals surface area contributed by atoms with E-state index in [1.54, 1.807) is 5.57 Å². The molecule has 0 spiro atoms. The van der Waals surface area contributed by atoms with Gasteiger partial charge in [0, 0.05) is 0 Å². The molecule has 1 heterocycles. The molecule has 2 atom stereocenters. The third-order valence-corrected chi connectivity index (χ3v) is 4.16. The van der Waals surface area contributed by atoms with Crippen LogP contribution in [0.15, 0.2) is 11.6 Å². The Morgan fingerprint density at radius 3 is 2.53 bits per heavy atom. The number of allylic oxidation sites excluding steroid dienone is 1. The SMILES string of the molecule is CC1COC2CCCCCCCCCC=C2C1. The molecule has 0 amide bonds. The molecule has 1 aliphatic heterocycles. The van der Waals surface area contributed by atoms with Crippen LogP contribution in [0.1, 0.15) is 71.1 Å². The molecule has 1 saturated heterocycles. The van der Waals surface area contributed by atoms with Crippen molar-refractivity contribution in [3.05, 3.63) is 11.6 Å². The lowest BCUT2D eigenvalue weighted by molar-refractivity contribution is 0.0198. The second-order valence-electron chi connectivity index (χ2n) is 5.96. The van der Waals surface area contributed by atoms with Gasteiger partial charge < -0.3 is 4.74 Å². The summed E-state index contributed by atoms with van der Waals surface area (Å²) in [5.74, 6) is 0.727. The van der Waals surface area contributed by atoms with E-state index in [0.29, 0.717) is 6.10 Å². The lowest BCUT2D eigenvalue weighted by Crippen LogP contribution is -2.27. The van der Waals surface area contributed by atoms with Crippen LogP contribution in [0.4, 0.5) is 0 Å². The standard InChI is InChI=1S/C16H28O/c1-14-12-15-10-8-6-4-2-3-5-7-9-11-16(15)17-13-14/h10,14,16H,2-9,11-13H2,1H3. The molecule has 1 heteroatoms. The summed E-state index contributed by atoms with van der Waals surface area (Å²) in [6, 6.07) is 0. The van der Waals surface area contributed by atoms with Gasteiger partial charge in [-0.3, -0.25) is 0 Å². The minimum absolute atomic E-state index is 0.464. The first-order valence-corrected chi connectivity index (χ1v) is 7.67. The lowest BCUT2D eigenvalue weighted by atomic mass is 9.90. The number of hydrogen-bond acceptors (Lipinski definition) is 1. The van der Waals surface area contributed by atoms with Crippen LogP contribution < -0.4 is 0 Å². The summed E-state index contributed by atoms with van der Waals surface area (Å²) in [7, 11) is 0. The Kier molecular flexibility index (Phi) is 5.57. The summed E-state index contributed by atoms with van der Waals surface area (Å²) in [6.07, 6.45) is 16.7. The summed E-state index contributed by atoms with van der Waals surface area (Å²) in [6.45, 7) is 3.29. The molecular weight excluding hydrogens is 208 g/mol. The van der Waals surface area contributed by atoms with E-state index in [9.17, 15) is 0 Å². The van der Waals surface area contributed by atoms with E-state index >= 15 is 0 Å². The highest BCUT2D eigenvalue weighted by atomic mass is 16.5. The second-order valence-corrected chi connectivity index (χ2v) is 5.96. The predicted molar refractivity (Wildman–Crippen MR) is 73.2 cm³/mol. The average Bonchev–Trinajstić information content (AvgIpc) is 2.31. The number of ether oxygens (including phenoxy) is 1. The lowest BCUT2D eigenvalue weighted by Gasteiger charge is -2.30. The van der Waals surface area contributed by atoms with Gasteiger partial charge in [-0.05, 0) is 37.2 Å². The first-order valence-electron chi connectivity index (χ1n) is 7.67. The normalized spacial score (nSPS) is 32.9. The minimum Gasteiger partial charge on any atom is -0.374 e. The fourth-order valence-corrected chi connectivity index (χ4v) is 3.11. The predicted octanol–water partition coefficient (Wildman–Crippen LogP) is 4.86. The van der Waals surface area contributed by atoms with E-state index < -0.39 is 0 Å². The van der Waals surface area contributed by atoms with Gasteiger partial charge in [0.1, 0.15) is 0 Å². The molecule has 0 N–H and O–H groups in total. The zero-order valence-corrected chi connectivity index (χ0v) is 11.4. The Morgan fingerprint density at radius 2 is 1.71 bits per heavy atom. The molecule has 1 nitrogen and oxygen atoms in total. The van der Waals surface area contributed by atoms with Gasteiger partial charge in [0.2, 0.25) is 0 Å². The van der Waals surface area contributed by atoms with Gasteiger partial charge in [0.25, 0.3) is 0 Å². The molecule has 0 saturated carbocycles. The zero-order valence-electron chi connectivity index (χ0n) is 11.4. The molecule has 0 radical (unpaired) electrons. The molecule has 17 heavy (non-hydrogen) atoms. The van der Waals surface area contributed by atoms with Crippen molar-refractivity contribution in [1.82, 2.24) is 0 Å². The third kappa shape index (κ3) is 4.46. The Labute approximate surface area is 107 Å². The van der Waals surface area contributed by atoms with E-state index in [2.05, 4.69) is 13.0 Å². The summed E-state index contributed by atoms with van der Waals surface area (Å²) in [5, 5.41) is 0. The molecule has 98 valence electrons. The highest BCUT2D eigenvalue weighted by Gasteiger charge is 2.23. The van der Waals surface area contributed by atoms with Crippen LogP contribution in [0.2, 0.25) is 0 Å². The van der Waals surface area contributed by atoms with Gasteiger partial charge in [0.05, 0.1) is 12.7 Å². The summed E-state index contributed by atoms with van der Waals surface area (Å²) in [5.41, 5.74) is 1.62. The maximum Gasteiger partial charge on any atom is 0.0785 e. The Hall–Kier alpha value is -0.300. The molecule has 1 fully saturated rings. The Morgan fingerprint density at radius 1 is 1.00 bits per heavy atom. The first kappa shape index (κ1) is 13.1. The minimum atomic E-state index is 0.464. The zero-order chi connectivity index (χ0) is 11.9. The highest BCUT2D eigenvalue weighted by molar-refractivity contribution is 5.11. The van der Waals surface area contributed by atoms with Crippen LogP contribution in [-0.2, 0) is 4.74 Å². The summed E-state index contributed by atoms with van der Waals surface area (Å²) < 4.78 is 6.03. The molecule has 0 aromatic heterocycles. The van der Waals surface area contributed by atoms with Crippen LogP contribution in [0.5, 0.6) is 0 Å². The number of fused-ring (bicyclic) bond motifs is 1. The van der Waals surface area contributed by atoms with Crippen LogP contribution in [0.25, 0.3) is 0 Å². The number of rotatable bonds is 0. The van der Waals surface area contributed by atoms with Crippen molar-refractivity contribution in [2.45, 2.75) is 77.2 Å². The quantitative estimate of drug-likeness (QED) is 0.546. The molecule has 0 bridgehead atoms. The van der Waals surface area contributed by atoms with Crippen molar-refractivity contribution in [2.24, 2.45) is 5.92 Å². The Balaban J connectivity index is 1.93. The molecule has 2 unspecified atom stereocenters. The van der Waals surface area contributed by atoms with E-state index in [4.69, 9.17) is 4.74 Å². The summed E-state index contributed by atoms with van der Waals surface area (Å²) in [4.78, 5) is 0. The largest absolute Gasteiger partial charge is 0.374 e. The van der Waals surface area contributed by atoms with Crippen LogP contribution in [0, 0.1) is 5.92 Å². The summed E-state index contributed by atoms with van der Waals surface area (Å²) >= 11 is 0. The van der Waals surface area contributed by atoms with Gasteiger partial charge in [0.15, 0.2) is 0 Å². The fourth-order valence-electron chi connectivity index (χ4n) is 3.11. The molecule has 0 aromatic carbocycles.